The molecule has 1 fully saturated rings. The van der Waals surface area contributed by atoms with Crippen molar-refractivity contribution >= 4 is 6.03 Å². The number of benzene rings is 1. The fourth-order valence-corrected chi connectivity index (χ4v) is 2.76. The van der Waals surface area contributed by atoms with E-state index >= 15 is 0 Å². The summed E-state index contributed by atoms with van der Waals surface area (Å²) >= 11 is 0. The van der Waals surface area contributed by atoms with Crippen LogP contribution in [0.5, 0.6) is 0 Å². The fraction of sp³-hybridized carbons (Fsp3) is 0.500. The van der Waals surface area contributed by atoms with Crippen LogP contribution in [0.4, 0.5) is 4.79 Å². The number of rotatable bonds is 3. The maximum Gasteiger partial charge on any atom is 0.317 e. The average Bonchev–Trinajstić information content (AvgIpc) is 2.54. The maximum absolute atomic E-state index is 12.0. The van der Waals surface area contributed by atoms with Gasteiger partial charge in [0.2, 0.25) is 0 Å². The zero-order valence-corrected chi connectivity index (χ0v) is 13.1. The molecule has 0 spiro atoms. The molecule has 1 aromatic carbocycles. The van der Waals surface area contributed by atoms with Crippen LogP contribution < -0.4 is 5.32 Å². The molecular weight excluding hydrogens is 276 g/mol. The molecule has 1 saturated carbocycles. The van der Waals surface area contributed by atoms with E-state index < -0.39 is 0 Å². The van der Waals surface area contributed by atoms with Gasteiger partial charge in [-0.3, -0.25) is 0 Å². The predicted octanol–water partition coefficient (Wildman–Crippen LogP) is 2.23. The van der Waals surface area contributed by atoms with Gasteiger partial charge in [-0.15, -0.1) is 0 Å². The summed E-state index contributed by atoms with van der Waals surface area (Å²) in [6, 6.07) is 9.55. The summed E-state index contributed by atoms with van der Waals surface area (Å²) < 4.78 is 0. The van der Waals surface area contributed by atoms with Crippen molar-refractivity contribution in [1.29, 1.82) is 0 Å². The second kappa shape index (κ2) is 8.45. The van der Waals surface area contributed by atoms with E-state index in [1.807, 2.05) is 30.3 Å². The van der Waals surface area contributed by atoms with Crippen LogP contribution in [0.25, 0.3) is 0 Å². The van der Waals surface area contributed by atoms with Crippen LogP contribution in [-0.4, -0.2) is 42.3 Å². The van der Waals surface area contributed by atoms with Gasteiger partial charge in [-0.25, -0.2) is 4.79 Å². The third-order valence-electron chi connectivity index (χ3n) is 4.06. The highest BCUT2D eigenvalue weighted by atomic mass is 16.3. The molecule has 22 heavy (non-hydrogen) atoms. The SMILES string of the molecule is CN(CC1CCCCC1O)C(=O)NCC#Cc1ccccc1. The minimum Gasteiger partial charge on any atom is -0.393 e. The van der Waals surface area contributed by atoms with Crippen molar-refractivity contribution in [1.82, 2.24) is 10.2 Å². The third-order valence-corrected chi connectivity index (χ3v) is 4.06. The largest absolute Gasteiger partial charge is 0.393 e. The monoisotopic (exact) mass is 300 g/mol. The number of aliphatic hydroxyl groups is 1. The minimum atomic E-state index is -0.276. The average molecular weight is 300 g/mol. The second-order valence-corrected chi connectivity index (χ2v) is 5.82. The molecule has 0 saturated heterocycles. The van der Waals surface area contributed by atoms with E-state index in [2.05, 4.69) is 17.2 Å². The van der Waals surface area contributed by atoms with Crippen LogP contribution in [0.2, 0.25) is 0 Å². The van der Waals surface area contributed by atoms with E-state index in [1.165, 1.54) is 0 Å². The Morgan fingerprint density at radius 3 is 2.77 bits per heavy atom. The van der Waals surface area contributed by atoms with E-state index in [1.54, 1.807) is 11.9 Å². The van der Waals surface area contributed by atoms with E-state index in [4.69, 9.17) is 0 Å². The topological polar surface area (TPSA) is 52.6 Å². The van der Waals surface area contributed by atoms with E-state index in [0.717, 1.165) is 31.2 Å². The van der Waals surface area contributed by atoms with Crippen molar-refractivity contribution in [2.24, 2.45) is 5.92 Å². The van der Waals surface area contributed by atoms with Crippen molar-refractivity contribution < 1.29 is 9.90 Å². The van der Waals surface area contributed by atoms with Crippen molar-refractivity contribution in [2.45, 2.75) is 31.8 Å². The third kappa shape index (κ3) is 5.09. The molecular formula is C18H24N2O2. The van der Waals surface area contributed by atoms with Gasteiger partial charge in [-0.05, 0) is 25.0 Å². The number of hydrogen-bond acceptors (Lipinski definition) is 2. The molecule has 4 nitrogen and oxygen atoms in total. The van der Waals surface area contributed by atoms with Gasteiger partial charge >= 0.3 is 6.03 Å². The molecule has 0 radical (unpaired) electrons. The number of urea groups is 1. The maximum atomic E-state index is 12.0. The summed E-state index contributed by atoms with van der Waals surface area (Å²) in [6.45, 7) is 0.921. The van der Waals surface area contributed by atoms with Gasteiger partial charge in [-0.1, -0.05) is 42.9 Å². The molecule has 1 aliphatic rings. The van der Waals surface area contributed by atoms with Crippen LogP contribution in [0.1, 0.15) is 31.2 Å². The first kappa shape index (κ1) is 16.4. The lowest BCUT2D eigenvalue weighted by Gasteiger charge is -2.31. The highest BCUT2D eigenvalue weighted by molar-refractivity contribution is 5.74. The number of amides is 2. The highest BCUT2D eigenvalue weighted by Gasteiger charge is 2.25. The number of carbonyl (C=O) groups is 1. The quantitative estimate of drug-likeness (QED) is 0.841. The lowest BCUT2D eigenvalue weighted by atomic mass is 9.86. The molecule has 1 aliphatic carbocycles. The van der Waals surface area contributed by atoms with Gasteiger partial charge in [0, 0.05) is 25.1 Å². The van der Waals surface area contributed by atoms with Gasteiger partial charge in [-0.2, -0.15) is 0 Å². The summed E-state index contributed by atoms with van der Waals surface area (Å²) in [5.74, 6) is 6.14. The molecule has 0 bridgehead atoms. The zero-order chi connectivity index (χ0) is 15.8. The number of nitrogens with zero attached hydrogens (tertiary/aromatic N) is 1. The Kier molecular flexibility index (Phi) is 6.29. The Morgan fingerprint density at radius 2 is 2.05 bits per heavy atom. The molecule has 118 valence electrons. The first-order valence-corrected chi connectivity index (χ1v) is 7.88. The number of aliphatic hydroxyl groups excluding tert-OH is 1. The van der Waals surface area contributed by atoms with E-state index in [0.29, 0.717) is 13.1 Å². The molecule has 0 aromatic heterocycles. The van der Waals surface area contributed by atoms with Crippen LogP contribution in [0.3, 0.4) is 0 Å². The Balaban J connectivity index is 1.73. The molecule has 1 aromatic rings. The molecule has 2 N–H and O–H groups in total. The Morgan fingerprint density at radius 1 is 1.32 bits per heavy atom. The van der Waals surface area contributed by atoms with Crippen molar-refractivity contribution in [2.75, 3.05) is 20.1 Å². The summed E-state index contributed by atoms with van der Waals surface area (Å²) in [6.07, 6.45) is 3.79. The Hall–Kier alpha value is -1.99. The molecule has 2 unspecified atom stereocenters. The standard InChI is InChI=1S/C18H24N2O2/c1-20(14-16-11-5-6-12-17(16)21)18(22)19-13-7-10-15-8-3-2-4-9-15/h2-4,8-9,16-17,21H,5-6,11-14H2,1H3,(H,19,22). The molecule has 2 rings (SSSR count). The van der Waals surface area contributed by atoms with Gasteiger partial charge in [0.25, 0.3) is 0 Å². The van der Waals surface area contributed by atoms with Crippen LogP contribution >= 0.6 is 0 Å². The molecule has 0 heterocycles. The number of carbonyl (C=O) groups excluding carboxylic acids is 1. The highest BCUT2D eigenvalue weighted by Crippen LogP contribution is 2.24. The van der Waals surface area contributed by atoms with E-state index in [9.17, 15) is 9.90 Å². The van der Waals surface area contributed by atoms with Crippen molar-refractivity contribution in [3.8, 4) is 11.8 Å². The smallest absolute Gasteiger partial charge is 0.317 e. The zero-order valence-electron chi connectivity index (χ0n) is 13.1. The van der Waals surface area contributed by atoms with Crippen LogP contribution in [0.15, 0.2) is 30.3 Å². The predicted molar refractivity (Wildman–Crippen MR) is 87.3 cm³/mol. The van der Waals surface area contributed by atoms with Crippen LogP contribution in [-0.2, 0) is 0 Å². The molecule has 2 atom stereocenters. The minimum absolute atomic E-state index is 0.139. The van der Waals surface area contributed by atoms with Crippen molar-refractivity contribution in [3.05, 3.63) is 35.9 Å². The Labute approximate surface area is 132 Å². The number of hydrogen-bond donors (Lipinski definition) is 2. The lowest BCUT2D eigenvalue weighted by molar-refractivity contribution is 0.0566. The van der Waals surface area contributed by atoms with Gasteiger partial charge in [0.15, 0.2) is 0 Å². The number of nitrogens with one attached hydrogen (secondary N) is 1. The van der Waals surface area contributed by atoms with Gasteiger partial charge in [0.05, 0.1) is 12.6 Å². The van der Waals surface area contributed by atoms with Crippen molar-refractivity contribution in [3.63, 3.8) is 0 Å². The molecule has 0 aliphatic heterocycles. The van der Waals surface area contributed by atoms with Gasteiger partial charge < -0.3 is 15.3 Å². The molecule has 4 heteroatoms. The first-order valence-electron chi connectivity index (χ1n) is 7.88. The fourth-order valence-electron chi connectivity index (χ4n) is 2.76. The second-order valence-electron chi connectivity index (χ2n) is 5.82. The Bertz CT molecular complexity index is 533. The van der Waals surface area contributed by atoms with E-state index in [-0.39, 0.29) is 18.1 Å². The first-order chi connectivity index (χ1) is 10.7. The summed E-state index contributed by atoms with van der Waals surface area (Å²) in [5.41, 5.74) is 0.940. The summed E-state index contributed by atoms with van der Waals surface area (Å²) in [7, 11) is 1.77. The normalized spacial score (nSPS) is 20.6. The van der Waals surface area contributed by atoms with Crippen LogP contribution in [0, 0.1) is 17.8 Å². The summed E-state index contributed by atoms with van der Waals surface area (Å²) in [5, 5.41) is 12.7. The molecule has 2 amide bonds. The lowest BCUT2D eigenvalue weighted by Crippen LogP contribution is -2.43. The van der Waals surface area contributed by atoms with Gasteiger partial charge in [0.1, 0.15) is 0 Å². The summed E-state index contributed by atoms with van der Waals surface area (Å²) in [4.78, 5) is 13.6.